The minimum atomic E-state index is 0.804. The third-order valence-corrected chi connectivity index (χ3v) is 2.35. The Morgan fingerprint density at radius 1 is 1.38 bits per heavy atom. The second-order valence-electron chi connectivity index (χ2n) is 4.00. The van der Waals surface area contributed by atoms with Crippen molar-refractivity contribution in [1.29, 1.82) is 0 Å². The number of aromatic nitrogens is 2. The Kier molecular flexibility index (Phi) is 6.85. The molecule has 0 unspecified atom stereocenters. The highest BCUT2D eigenvalue weighted by Crippen LogP contribution is 1.92. The molecular formula is C12H23N3O. The maximum Gasteiger partial charge on any atom is 0.0590 e. The highest BCUT2D eigenvalue weighted by molar-refractivity contribution is 4.99. The monoisotopic (exact) mass is 225 g/mol. The van der Waals surface area contributed by atoms with Gasteiger partial charge in [0.1, 0.15) is 0 Å². The van der Waals surface area contributed by atoms with Gasteiger partial charge in [-0.05, 0) is 18.9 Å². The molecule has 4 nitrogen and oxygen atoms in total. The predicted octanol–water partition coefficient (Wildman–Crippen LogP) is 1.60. The van der Waals surface area contributed by atoms with Crippen LogP contribution in [-0.2, 0) is 11.3 Å². The van der Waals surface area contributed by atoms with E-state index in [0.717, 1.165) is 39.3 Å². The number of aryl methyl sites for hydroxylation is 1. The highest BCUT2D eigenvalue weighted by Gasteiger charge is 1.93. The molecular weight excluding hydrogens is 202 g/mol. The van der Waals surface area contributed by atoms with E-state index in [1.807, 2.05) is 10.9 Å². The second-order valence-corrected chi connectivity index (χ2v) is 4.00. The molecule has 1 rings (SSSR count). The van der Waals surface area contributed by atoms with Crippen LogP contribution < -0.4 is 5.32 Å². The van der Waals surface area contributed by atoms with Gasteiger partial charge in [-0.2, -0.15) is 5.10 Å². The highest BCUT2D eigenvalue weighted by atomic mass is 16.5. The molecule has 1 N–H and O–H groups in total. The molecule has 1 heterocycles. The van der Waals surface area contributed by atoms with Gasteiger partial charge in [0, 0.05) is 25.9 Å². The van der Waals surface area contributed by atoms with Crippen LogP contribution in [0.4, 0.5) is 0 Å². The standard InChI is InChI=1S/C12H23N3O/c1-3-4-8-16-9-6-13-5-7-15-11-12(2)10-14-15/h10-11,13H,3-9H2,1-2H3. The molecule has 0 aliphatic rings. The normalized spacial score (nSPS) is 10.9. The van der Waals surface area contributed by atoms with Crippen molar-refractivity contribution in [3.63, 3.8) is 0 Å². The van der Waals surface area contributed by atoms with Gasteiger partial charge in [0.2, 0.25) is 0 Å². The Balaban J connectivity index is 1.88. The first-order valence-electron chi connectivity index (χ1n) is 6.10. The van der Waals surface area contributed by atoms with Crippen molar-refractivity contribution < 1.29 is 4.74 Å². The lowest BCUT2D eigenvalue weighted by molar-refractivity contribution is 0.133. The van der Waals surface area contributed by atoms with Gasteiger partial charge in [0.05, 0.1) is 19.3 Å². The van der Waals surface area contributed by atoms with E-state index in [2.05, 4.69) is 30.5 Å². The maximum absolute atomic E-state index is 5.45. The molecule has 1 aromatic rings. The van der Waals surface area contributed by atoms with E-state index in [1.165, 1.54) is 12.0 Å². The van der Waals surface area contributed by atoms with Gasteiger partial charge in [-0.25, -0.2) is 0 Å². The van der Waals surface area contributed by atoms with Crippen LogP contribution in [0, 0.1) is 6.92 Å². The smallest absolute Gasteiger partial charge is 0.0590 e. The number of unbranched alkanes of at least 4 members (excludes halogenated alkanes) is 1. The van der Waals surface area contributed by atoms with Crippen molar-refractivity contribution in [3.05, 3.63) is 18.0 Å². The molecule has 0 radical (unpaired) electrons. The van der Waals surface area contributed by atoms with Crippen LogP contribution in [0.2, 0.25) is 0 Å². The van der Waals surface area contributed by atoms with E-state index in [1.54, 1.807) is 0 Å². The molecule has 0 aromatic carbocycles. The zero-order valence-electron chi connectivity index (χ0n) is 10.4. The minimum absolute atomic E-state index is 0.804. The molecule has 0 aliphatic heterocycles. The SMILES string of the molecule is CCCCOCCNCCn1cc(C)cn1. The van der Waals surface area contributed by atoms with Crippen molar-refractivity contribution in [2.24, 2.45) is 0 Å². The zero-order chi connectivity index (χ0) is 11.6. The van der Waals surface area contributed by atoms with Gasteiger partial charge in [-0.3, -0.25) is 4.68 Å². The molecule has 0 amide bonds. The average Bonchev–Trinajstić information content (AvgIpc) is 2.68. The number of hydrogen-bond acceptors (Lipinski definition) is 3. The predicted molar refractivity (Wildman–Crippen MR) is 65.6 cm³/mol. The Bertz CT molecular complexity index is 273. The van der Waals surface area contributed by atoms with Gasteiger partial charge in [-0.1, -0.05) is 13.3 Å². The van der Waals surface area contributed by atoms with Crippen molar-refractivity contribution in [2.75, 3.05) is 26.3 Å². The lowest BCUT2D eigenvalue weighted by atomic mass is 10.4. The first kappa shape index (κ1) is 13.2. The Morgan fingerprint density at radius 2 is 2.25 bits per heavy atom. The molecule has 0 bridgehead atoms. The Hall–Kier alpha value is -0.870. The first-order valence-corrected chi connectivity index (χ1v) is 6.10. The summed E-state index contributed by atoms with van der Waals surface area (Å²) in [5.41, 5.74) is 1.21. The van der Waals surface area contributed by atoms with Crippen LogP contribution in [0.15, 0.2) is 12.4 Å². The van der Waals surface area contributed by atoms with Crippen LogP contribution in [0.1, 0.15) is 25.3 Å². The summed E-state index contributed by atoms with van der Waals surface area (Å²) in [4.78, 5) is 0. The summed E-state index contributed by atoms with van der Waals surface area (Å²) < 4.78 is 7.40. The molecule has 4 heteroatoms. The minimum Gasteiger partial charge on any atom is -0.380 e. The fourth-order valence-corrected chi connectivity index (χ4v) is 1.40. The molecule has 16 heavy (non-hydrogen) atoms. The van der Waals surface area contributed by atoms with Crippen LogP contribution in [0.25, 0.3) is 0 Å². The molecule has 0 aliphatic carbocycles. The fraction of sp³-hybridized carbons (Fsp3) is 0.750. The lowest BCUT2D eigenvalue weighted by Gasteiger charge is -2.05. The van der Waals surface area contributed by atoms with Gasteiger partial charge in [0.25, 0.3) is 0 Å². The van der Waals surface area contributed by atoms with Crippen LogP contribution in [0.3, 0.4) is 0 Å². The summed E-state index contributed by atoms with van der Waals surface area (Å²) in [6.45, 7) is 8.70. The van der Waals surface area contributed by atoms with Crippen molar-refractivity contribution in [2.45, 2.75) is 33.2 Å². The first-order chi connectivity index (χ1) is 7.83. The molecule has 0 fully saturated rings. The largest absolute Gasteiger partial charge is 0.380 e. The molecule has 0 saturated carbocycles. The third-order valence-electron chi connectivity index (χ3n) is 2.35. The number of nitrogens with one attached hydrogen (secondary N) is 1. The van der Waals surface area contributed by atoms with E-state index in [4.69, 9.17) is 4.74 Å². The topological polar surface area (TPSA) is 39.1 Å². The molecule has 1 aromatic heterocycles. The van der Waals surface area contributed by atoms with Crippen molar-refractivity contribution >= 4 is 0 Å². The molecule has 0 saturated heterocycles. The summed E-state index contributed by atoms with van der Waals surface area (Å²) in [5, 5.41) is 7.55. The summed E-state index contributed by atoms with van der Waals surface area (Å²) in [6, 6.07) is 0. The lowest BCUT2D eigenvalue weighted by Crippen LogP contribution is -2.24. The van der Waals surface area contributed by atoms with E-state index in [0.29, 0.717) is 0 Å². The van der Waals surface area contributed by atoms with Crippen LogP contribution in [0.5, 0.6) is 0 Å². The van der Waals surface area contributed by atoms with Crippen molar-refractivity contribution in [3.8, 4) is 0 Å². The number of ether oxygens (including phenoxy) is 1. The number of rotatable bonds is 9. The average molecular weight is 225 g/mol. The van der Waals surface area contributed by atoms with Crippen LogP contribution >= 0.6 is 0 Å². The van der Waals surface area contributed by atoms with E-state index in [9.17, 15) is 0 Å². The zero-order valence-corrected chi connectivity index (χ0v) is 10.4. The van der Waals surface area contributed by atoms with E-state index in [-0.39, 0.29) is 0 Å². The van der Waals surface area contributed by atoms with E-state index >= 15 is 0 Å². The van der Waals surface area contributed by atoms with E-state index < -0.39 is 0 Å². The van der Waals surface area contributed by atoms with Gasteiger partial charge >= 0.3 is 0 Å². The molecule has 0 atom stereocenters. The third kappa shape index (κ3) is 5.88. The fourth-order valence-electron chi connectivity index (χ4n) is 1.40. The van der Waals surface area contributed by atoms with Gasteiger partial charge in [0.15, 0.2) is 0 Å². The van der Waals surface area contributed by atoms with Crippen molar-refractivity contribution in [1.82, 2.24) is 15.1 Å². The summed E-state index contributed by atoms with van der Waals surface area (Å²) in [6.07, 6.45) is 6.30. The maximum atomic E-state index is 5.45. The second kappa shape index (κ2) is 8.30. The van der Waals surface area contributed by atoms with Gasteiger partial charge in [-0.15, -0.1) is 0 Å². The number of hydrogen-bond donors (Lipinski definition) is 1. The van der Waals surface area contributed by atoms with Gasteiger partial charge < -0.3 is 10.1 Å². The summed E-state index contributed by atoms with van der Waals surface area (Å²) >= 11 is 0. The summed E-state index contributed by atoms with van der Waals surface area (Å²) in [7, 11) is 0. The van der Waals surface area contributed by atoms with Crippen LogP contribution in [-0.4, -0.2) is 36.1 Å². The Morgan fingerprint density at radius 3 is 2.94 bits per heavy atom. The molecule has 92 valence electrons. The summed E-state index contributed by atoms with van der Waals surface area (Å²) in [5.74, 6) is 0. The number of nitrogens with zero attached hydrogens (tertiary/aromatic N) is 2. The molecule has 0 spiro atoms. The Labute approximate surface area is 98.0 Å². The quantitative estimate of drug-likeness (QED) is 0.649.